The Balaban J connectivity index is 3.06. The van der Waals surface area contributed by atoms with E-state index < -0.39 is 17.3 Å². The van der Waals surface area contributed by atoms with E-state index in [0.717, 1.165) is 0 Å². The van der Waals surface area contributed by atoms with Crippen LogP contribution < -0.4 is 5.73 Å². The zero-order valence-electron chi connectivity index (χ0n) is 7.43. The van der Waals surface area contributed by atoms with Crippen LogP contribution in [0.2, 0.25) is 0 Å². The zero-order valence-corrected chi connectivity index (χ0v) is 9.01. The summed E-state index contributed by atoms with van der Waals surface area (Å²) in [6.45, 7) is 0.472. The third-order valence-corrected chi connectivity index (χ3v) is 2.50. The number of aryl methyl sites for hydroxylation is 1. The van der Waals surface area contributed by atoms with E-state index in [-0.39, 0.29) is 4.47 Å². The van der Waals surface area contributed by atoms with Gasteiger partial charge in [0.05, 0.1) is 4.47 Å². The Morgan fingerprint density at radius 1 is 1.36 bits per heavy atom. The largest absolute Gasteiger partial charge is 0.505 e. The monoisotopic (exact) mass is 263 g/mol. The van der Waals surface area contributed by atoms with Crippen molar-refractivity contribution in [2.45, 2.75) is 12.8 Å². The Morgan fingerprint density at radius 3 is 2.57 bits per heavy atom. The van der Waals surface area contributed by atoms with Crippen molar-refractivity contribution in [3.63, 3.8) is 0 Å². The topological polar surface area (TPSA) is 66.5 Å². The fraction of sp³-hybridized carbons (Fsp3) is 0.333. The van der Waals surface area contributed by atoms with Crippen LogP contribution in [0.4, 0.5) is 4.39 Å². The zero-order chi connectivity index (χ0) is 10.7. The maximum absolute atomic E-state index is 13.1. The van der Waals surface area contributed by atoms with E-state index >= 15 is 0 Å². The summed E-state index contributed by atoms with van der Waals surface area (Å²) in [6.07, 6.45) is 1.14. The Hall–Kier alpha value is -0.810. The molecule has 0 unspecified atom stereocenters. The van der Waals surface area contributed by atoms with Gasteiger partial charge in [-0.15, -0.1) is 0 Å². The number of aromatic hydroxyl groups is 2. The Labute approximate surface area is 89.5 Å². The van der Waals surface area contributed by atoms with E-state index in [4.69, 9.17) is 10.8 Å². The van der Waals surface area contributed by atoms with Gasteiger partial charge in [-0.1, -0.05) is 0 Å². The molecule has 0 aromatic heterocycles. The maximum Gasteiger partial charge on any atom is 0.207 e. The van der Waals surface area contributed by atoms with Crippen LogP contribution in [0.3, 0.4) is 0 Å². The molecule has 0 saturated carbocycles. The first kappa shape index (κ1) is 11.3. The molecule has 78 valence electrons. The molecule has 1 rings (SSSR count). The molecule has 14 heavy (non-hydrogen) atoms. The molecule has 0 bridgehead atoms. The van der Waals surface area contributed by atoms with E-state index in [1.165, 1.54) is 6.07 Å². The molecule has 0 spiro atoms. The summed E-state index contributed by atoms with van der Waals surface area (Å²) < 4.78 is 13.4. The molecule has 0 aliphatic rings. The standard InChI is InChI=1S/C9H11BrFNO2/c10-6-4-5(2-1-3-12)8(13)7(11)9(6)14/h4,13-14H,1-3,12H2. The van der Waals surface area contributed by atoms with Crippen molar-refractivity contribution in [2.24, 2.45) is 5.73 Å². The van der Waals surface area contributed by atoms with Crippen LogP contribution in [-0.4, -0.2) is 16.8 Å². The van der Waals surface area contributed by atoms with Crippen molar-refractivity contribution in [1.82, 2.24) is 0 Å². The van der Waals surface area contributed by atoms with Crippen molar-refractivity contribution in [3.05, 3.63) is 21.9 Å². The third kappa shape index (κ3) is 2.16. The molecule has 5 heteroatoms. The van der Waals surface area contributed by atoms with E-state index in [9.17, 15) is 9.50 Å². The molecule has 0 saturated heterocycles. The van der Waals surface area contributed by atoms with E-state index in [1.54, 1.807) is 0 Å². The minimum Gasteiger partial charge on any atom is -0.505 e. The highest BCUT2D eigenvalue weighted by Crippen LogP contribution is 2.36. The van der Waals surface area contributed by atoms with Gasteiger partial charge in [-0.3, -0.25) is 0 Å². The van der Waals surface area contributed by atoms with E-state index in [2.05, 4.69) is 15.9 Å². The lowest BCUT2D eigenvalue weighted by Gasteiger charge is -2.07. The van der Waals surface area contributed by atoms with Gasteiger partial charge in [-0.2, -0.15) is 4.39 Å². The highest BCUT2D eigenvalue weighted by Gasteiger charge is 2.15. The fourth-order valence-electron chi connectivity index (χ4n) is 1.13. The third-order valence-electron chi connectivity index (χ3n) is 1.90. The minimum absolute atomic E-state index is 0.236. The second-order valence-corrected chi connectivity index (χ2v) is 3.78. The van der Waals surface area contributed by atoms with Crippen LogP contribution in [-0.2, 0) is 6.42 Å². The first-order valence-electron chi connectivity index (χ1n) is 4.16. The second kappa shape index (κ2) is 4.61. The summed E-state index contributed by atoms with van der Waals surface area (Å²) in [7, 11) is 0. The number of rotatable bonds is 3. The van der Waals surface area contributed by atoms with Crippen molar-refractivity contribution >= 4 is 15.9 Å². The average molecular weight is 264 g/mol. The lowest BCUT2D eigenvalue weighted by molar-refractivity contribution is 0.383. The predicted octanol–water partition coefficient (Wildman–Crippen LogP) is 1.89. The van der Waals surface area contributed by atoms with E-state index in [0.29, 0.717) is 24.9 Å². The molecule has 0 amide bonds. The molecular weight excluding hydrogens is 253 g/mol. The molecule has 0 atom stereocenters. The van der Waals surface area contributed by atoms with Gasteiger partial charge >= 0.3 is 0 Å². The second-order valence-electron chi connectivity index (χ2n) is 2.92. The van der Waals surface area contributed by atoms with Gasteiger partial charge in [0.25, 0.3) is 0 Å². The Kier molecular flexibility index (Phi) is 3.71. The molecule has 4 N–H and O–H groups in total. The molecule has 0 fully saturated rings. The number of hydrogen-bond donors (Lipinski definition) is 3. The highest BCUT2D eigenvalue weighted by atomic mass is 79.9. The minimum atomic E-state index is -0.994. The van der Waals surface area contributed by atoms with Crippen LogP contribution in [0.25, 0.3) is 0 Å². The van der Waals surface area contributed by atoms with Gasteiger partial charge < -0.3 is 15.9 Å². The molecule has 3 nitrogen and oxygen atoms in total. The number of halogens is 2. The molecular formula is C9H11BrFNO2. The maximum atomic E-state index is 13.1. The summed E-state index contributed by atoms with van der Waals surface area (Å²) in [5, 5.41) is 18.5. The van der Waals surface area contributed by atoms with Crippen molar-refractivity contribution in [1.29, 1.82) is 0 Å². The van der Waals surface area contributed by atoms with Crippen LogP contribution in [0.1, 0.15) is 12.0 Å². The summed E-state index contributed by atoms with van der Waals surface area (Å²) in [4.78, 5) is 0. The average Bonchev–Trinajstić information content (AvgIpc) is 2.18. The molecule has 0 heterocycles. The van der Waals surface area contributed by atoms with Gasteiger partial charge in [0.1, 0.15) is 0 Å². The normalized spacial score (nSPS) is 10.5. The van der Waals surface area contributed by atoms with Gasteiger partial charge in [0.15, 0.2) is 11.5 Å². The number of hydrogen-bond acceptors (Lipinski definition) is 3. The van der Waals surface area contributed by atoms with Gasteiger partial charge in [0.2, 0.25) is 5.82 Å². The summed E-state index contributed by atoms with van der Waals surface area (Å²) in [5.74, 6) is -2.07. The molecule has 1 aromatic carbocycles. The highest BCUT2D eigenvalue weighted by molar-refractivity contribution is 9.10. The SMILES string of the molecule is NCCCc1cc(Br)c(O)c(F)c1O. The Bertz CT molecular complexity index is 344. The van der Waals surface area contributed by atoms with E-state index in [1.807, 2.05) is 0 Å². The number of phenolic OH excluding ortho intramolecular Hbond substituents is 2. The van der Waals surface area contributed by atoms with Crippen LogP contribution in [0.5, 0.6) is 11.5 Å². The molecule has 0 aliphatic heterocycles. The number of benzene rings is 1. The number of nitrogens with two attached hydrogens (primary N) is 1. The molecule has 1 aromatic rings. The molecule has 0 radical (unpaired) electrons. The van der Waals surface area contributed by atoms with Gasteiger partial charge in [-0.05, 0) is 46.9 Å². The van der Waals surface area contributed by atoms with Gasteiger partial charge in [0, 0.05) is 0 Å². The number of phenols is 2. The van der Waals surface area contributed by atoms with Gasteiger partial charge in [-0.25, -0.2) is 0 Å². The Morgan fingerprint density at radius 2 is 2.00 bits per heavy atom. The first-order chi connectivity index (χ1) is 6.57. The van der Waals surface area contributed by atoms with Crippen molar-refractivity contribution < 1.29 is 14.6 Å². The molecule has 0 aliphatic carbocycles. The summed E-state index contributed by atoms with van der Waals surface area (Å²) in [5.41, 5.74) is 5.74. The quantitative estimate of drug-likeness (QED) is 0.781. The summed E-state index contributed by atoms with van der Waals surface area (Å²) >= 11 is 2.99. The van der Waals surface area contributed by atoms with Crippen molar-refractivity contribution in [2.75, 3.05) is 6.54 Å². The predicted molar refractivity (Wildman–Crippen MR) is 54.8 cm³/mol. The first-order valence-corrected chi connectivity index (χ1v) is 4.96. The van der Waals surface area contributed by atoms with Crippen molar-refractivity contribution in [3.8, 4) is 11.5 Å². The van der Waals surface area contributed by atoms with Crippen LogP contribution >= 0.6 is 15.9 Å². The fourth-order valence-corrected chi connectivity index (χ4v) is 1.58. The summed E-state index contributed by atoms with van der Waals surface area (Å²) in [6, 6.07) is 1.49. The van der Waals surface area contributed by atoms with Crippen LogP contribution in [0, 0.1) is 5.82 Å². The van der Waals surface area contributed by atoms with Crippen LogP contribution in [0.15, 0.2) is 10.5 Å². The smallest absolute Gasteiger partial charge is 0.207 e. The lowest BCUT2D eigenvalue weighted by Crippen LogP contribution is -2.01. The lowest BCUT2D eigenvalue weighted by atomic mass is 10.1.